The maximum absolute atomic E-state index is 13.9. The summed E-state index contributed by atoms with van der Waals surface area (Å²) in [6.45, 7) is 5.03. The first-order chi connectivity index (χ1) is 16.4. The second-order valence-electron chi connectivity index (χ2n) is 9.07. The molecule has 3 heterocycles. The van der Waals surface area contributed by atoms with Gasteiger partial charge in [-0.05, 0) is 44.4 Å². The molecular weight excluding hydrogens is 432 g/mol. The van der Waals surface area contributed by atoms with Crippen molar-refractivity contribution in [2.24, 2.45) is 5.92 Å². The number of hydrogen-bond acceptors (Lipinski definition) is 10. The van der Waals surface area contributed by atoms with Crippen LogP contribution in [0, 0.1) is 24.2 Å². The highest BCUT2D eigenvalue weighted by atomic mass is 16.1. The second-order valence-corrected chi connectivity index (χ2v) is 9.07. The van der Waals surface area contributed by atoms with E-state index < -0.39 is 0 Å². The lowest BCUT2D eigenvalue weighted by Crippen LogP contribution is -2.54. The van der Waals surface area contributed by atoms with Gasteiger partial charge in [0.15, 0.2) is 11.6 Å². The third-order valence-corrected chi connectivity index (χ3v) is 6.60. The summed E-state index contributed by atoms with van der Waals surface area (Å²) in [7, 11) is 2.08. The molecule has 1 saturated heterocycles. The summed E-state index contributed by atoms with van der Waals surface area (Å²) in [6.07, 6.45) is 1.94. The summed E-state index contributed by atoms with van der Waals surface area (Å²) in [5.41, 5.74) is 13.4. The van der Waals surface area contributed by atoms with E-state index in [-0.39, 0.29) is 40.7 Å². The van der Waals surface area contributed by atoms with Crippen LogP contribution in [0.5, 0.6) is 0 Å². The van der Waals surface area contributed by atoms with Crippen LogP contribution in [-0.4, -0.2) is 57.8 Å². The Morgan fingerprint density at radius 2 is 1.88 bits per heavy atom. The number of nitriles is 1. The van der Waals surface area contributed by atoms with Gasteiger partial charge in [0, 0.05) is 26.2 Å². The van der Waals surface area contributed by atoms with Gasteiger partial charge in [-0.15, -0.1) is 0 Å². The van der Waals surface area contributed by atoms with Gasteiger partial charge >= 0.3 is 0 Å². The molecule has 0 unspecified atom stereocenters. The maximum atomic E-state index is 13.9. The van der Waals surface area contributed by atoms with E-state index in [4.69, 9.17) is 16.5 Å². The molecule has 1 aliphatic heterocycles. The number of piperazine rings is 1. The van der Waals surface area contributed by atoms with Gasteiger partial charge < -0.3 is 26.7 Å². The van der Waals surface area contributed by atoms with Crippen molar-refractivity contribution >= 4 is 28.5 Å². The lowest BCUT2D eigenvalue weighted by molar-refractivity contribution is 0.281. The maximum Gasteiger partial charge on any atom is 0.280 e. The van der Waals surface area contributed by atoms with Crippen LogP contribution in [0.3, 0.4) is 0 Å². The fraction of sp³-hybridized carbons (Fsp3) is 0.435. The van der Waals surface area contributed by atoms with Gasteiger partial charge in [-0.2, -0.15) is 15.2 Å². The molecule has 1 aliphatic carbocycles. The summed E-state index contributed by atoms with van der Waals surface area (Å²) in [5, 5.41) is 15.7. The number of nitrogen functional groups attached to an aromatic ring is 2. The van der Waals surface area contributed by atoms with Crippen molar-refractivity contribution in [2.75, 3.05) is 55.0 Å². The zero-order chi connectivity index (χ0) is 24.0. The van der Waals surface area contributed by atoms with E-state index in [0.29, 0.717) is 29.8 Å². The largest absolute Gasteiger partial charge is 0.382 e. The molecule has 0 bridgehead atoms. The minimum absolute atomic E-state index is 0.0191. The molecule has 1 aromatic carbocycles. The summed E-state index contributed by atoms with van der Waals surface area (Å²) in [6, 6.07) is 7.43. The Hall–Kier alpha value is -3.91. The van der Waals surface area contributed by atoms with Gasteiger partial charge in [-0.1, -0.05) is 12.1 Å². The van der Waals surface area contributed by atoms with E-state index in [0.717, 1.165) is 31.5 Å². The average Bonchev–Trinajstić information content (AvgIpc) is 3.63. The van der Waals surface area contributed by atoms with Gasteiger partial charge in [0.2, 0.25) is 5.95 Å². The molecule has 0 radical (unpaired) electrons. The minimum atomic E-state index is -0.349. The van der Waals surface area contributed by atoms with Gasteiger partial charge in [0.05, 0.1) is 16.9 Å². The average molecular weight is 461 g/mol. The number of aryl methyl sites for hydroxylation is 1. The standard InChI is InChI=1S/C23H28N10O/c1-13-4-3-5-16-17(13)22(34)33(32-10-8-31(2)9-11-32)21(27-16)18(14-6-7-14)28-20-15(12-24)19(25)29-23(26)30-20/h3-5,14,18H,6-11H2,1-2H3,(H5,25,26,28,29,30)/t18-/m1/s1. The van der Waals surface area contributed by atoms with Crippen LogP contribution in [0.15, 0.2) is 23.0 Å². The van der Waals surface area contributed by atoms with Crippen molar-refractivity contribution in [3.8, 4) is 6.07 Å². The van der Waals surface area contributed by atoms with Gasteiger partial charge in [-0.3, -0.25) is 4.79 Å². The molecule has 2 aromatic heterocycles. The van der Waals surface area contributed by atoms with Crippen LogP contribution in [0.25, 0.3) is 10.9 Å². The predicted molar refractivity (Wildman–Crippen MR) is 131 cm³/mol. The summed E-state index contributed by atoms with van der Waals surface area (Å²) in [4.78, 5) is 29.3. The molecule has 5 N–H and O–H groups in total. The van der Waals surface area contributed by atoms with E-state index in [2.05, 4.69) is 38.3 Å². The van der Waals surface area contributed by atoms with E-state index in [1.807, 2.05) is 25.1 Å². The quantitative estimate of drug-likeness (QED) is 0.501. The monoisotopic (exact) mass is 460 g/mol. The highest BCUT2D eigenvalue weighted by Gasteiger charge is 2.38. The number of benzene rings is 1. The van der Waals surface area contributed by atoms with Crippen LogP contribution in [0.2, 0.25) is 0 Å². The van der Waals surface area contributed by atoms with Crippen LogP contribution in [0.4, 0.5) is 17.6 Å². The normalized spacial score (nSPS) is 17.5. The Morgan fingerprint density at radius 1 is 1.15 bits per heavy atom. The van der Waals surface area contributed by atoms with E-state index in [1.165, 1.54) is 0 Å². The van der Waals surface area contributed by atoms with Crippen LogP contribution in [0.1, 0.15) is 35.8 Å². The minimum Gasteiger partial charge on any atom is -0.382 e. The number of likely N-dealkylation sites (N-methyl/N-ethyl adjacent to an activating group) is 1. The van der Waals surface area contributed by atoms with Crippen molar-refractivity contribution in [1.82, 2.24) is 24.5 Å². The first-order valence-corrected chi connectivity index (χ1v) is 11.4. The lowest BCUT2D eigenvalue weighted by Gasteiger charge is -2.37. The molecule has 176 valence electrons. The Morgan fingerprint density at radius 3 is 2.56 bits per heavy atom. The van der Waals surface area contributed by atoms with Crippen molar-refractivity contribution in [3.63, 3.8) is 0 Å². The summed E-state index contributed by atoms with van der Waals surface area (Å²) < 4.78 is 1.73. The smallest absolute Gasteiger partial charge is 0.280 e. The highest BCUT2D eigenvalue weighted by molar-refractivity contribution is 5.81. The molecule has 11 nitrogen and oxygen atoms in total. The molecule has 3 aromatic rings. The van der Waals surface area contributed by atoms with Crippen LogP contribution < -0.4 is 27.4 Å². The third-order valence-electron chi connectivity index (χ3n) is 6.60. The molecule has 2 aliphatic rings. The zero-order valence-corrected chi connectivity index (χ0v) is 19.3. The van der Waals surface area contributed by atoms with E-state index in [1.54, 1.807) is 4.68 Å². The summed E-state index contributed by atoms with van der Waals surface area (Å²) in [5.74, 6) is 1.09. The molecule has 34 heavy (non-hydrogen) atoms. The fourth-order valence-corrected chi connectivity index (χ4v) is 4.56. The van der Waals surface area contributed by atoms with Crippen molar-refractivity contribution < 1.29 is 0 Å². The Bertz CT molecular complexity index is 1350. The zero-order valence-electron chi connectivity index (χ0n) is 19.3. The topological polar surface area (TPSA) is 155 Å². The Balaban J connectivity index is 1.69. The first kappa shape index (κ1) is 21.9. The molecule has 1 saturated carbocycles. The molecule has 2 fully saturated rings. The fourth-order valence-electron chi connectivity index (χ4n) is 4.56. The SMILES string of the molecule is Cc1cccc2nc([C@H](Nc3nc(N)nc(N)c3C#N)C3CC3)n(N3CCN(C)CC3)c(=O)c12. The molecule has 1 atom stereocenters. The van der Waals surface area contributed by atoms with Crippen molar-refractivity contribution in [1.29, 1.82) is 5.26 Å². The van der Waals surface area contributed by atoms with Crippen LogP contribution in [-0.2, 0) is 0 Å². The van der Waals surface area contributed by atoms with E-state index in [9.17, 15) is 10.1 Å². The first-order valence-electron chi connectivity index (χ1n) is 11.4. The van der Waals surface area contributed by atoms with E-state index >= 15 is 0 Å². The molecule has 5 rings (SSSR count). The predicted octanol–water partition coefficient (Wildman–Crippen LogP) is 0.978. The van der Waals surface area contributed by atoms with Crippen molar-refractivity contribution in [3.05, 3.63) is 45.5 Å². The number of nitrogens with zero attached hydrogens (tertiary/aromatic N) is 7. The highest BCUT2D eigenvalue weighted by Crippen LogP contribution is 2.43. The number of fused-ring (bicyclic) bond motifs is 1. The number of aromatic nitrogens is 4. The summed E-state index contributed by atoms with van der Waals surface area (Å²) >= 11 is 0. The third kappa shape index (κ3) is 3.86. The number of nitrogens with two attached hydrogens (primary N) is 2. The van der Waals surface area contributed by atoms with Gasteiger partial charge in [-0.25, -0.2) is 9.66 Å². The number of hydrogen-bond donors (Lipinski definition) is 3. The molecule has 11 heteroatoms. The second kappa shape index (κ2) is 8.46. The number of nitrogens with one attached hydrogen (secondary N) is 1. The Kier molecular flexibility index (Phi) is 5.45. The van der Waals surface area contributed by atoms with Gasteiger partial charge in [0.25, 0.3) is 5.56 Å². The van der Waals surface area contributed by atoms with Gasteiger partial charge in [0.1, 0.15) is 17.5 Å². The van der Waals surface area contributed by atoms with Crippen LogP contribution >= 0.6 is 0 Å². The Labute approximate surface area is 197 Å². The molecular formula is C23H28N10O. The number of anilines is 3. The molecule has 0 amide bonds. The number of rotatable bonds is 5. The lowest BCUT2D eigenvalue weighted by atomic mass is 10.1. The molecule has 0 spiro atoms. The van der Waals surface area contributed by atoms with Crippen molar-refractivity contribution in [2.45, 2.75) is 25.8 Å².